The smallest absolute Gasteiger partial charge is 0.329 e. The predicted octanol–water partition coefficient (Wildman–Crippen LogP) is -0.292. The van der Waals surface area contributed by atoms with Gasteiger partial charge < -0.3 is 14.7 Å². The van der Waals surface area contributed by atoms with Gasteiger partial charge in [-0.15, -0.1) is 0 Å². The van der Waals surface area contributed by atoms with Crippen LogP contribution in [-0.4, -0.2) is 47.7 Å². The monoisotopic (exact) mass is 187 g/mol. The lowest BCUT2D eigenvalue weighted by Gasteiger charge is -2.13. The fourth-order valence-corrected chi connectivity index (χ4v) is 1.34. The van der Waals surface area contributed by atoms with E-state index in [9.17, 15) is 9.59 Å². The van der Waals surface area contributed by atoms with Crippen LogP contribution in [0, 0.1) is 0 Å². The van der Waals surface area contributed by atoms with Gasteiger partial charge in [0, 0.05) is 20.0 Å². The lowest BCUT2D eigenvalue weighted by molar-refractivity contribution is -0.144. The van der Waals surface area contributed by atoms with Crippen LogP contribution in [0.25, 0.3) is 0 Å². The molecule has 1 aliphatic heterocycles. The zero-order chi connectivity index (χ0) is 9.84. The molecule has 0 bridgehead atoms. The maximum atomic E-state index is 10.9. The lowest BCUT2D eigenvalue weighted by atomic mass is 10.3. The fraction of sp³-hybridized carbons (Fsp3) is 0.750. The van der Waals surface area contributed by atoms with Crippen molar-refractivity contribution in [2.24, 2.45) is 0 Å². The van der Waals surface area contributed by atoms with Gasteiger partial charge >= 0.3 is 5.97 Å². The van der Waals surface area contributed by atoms with Crippen molar-refractivity contribution in [1.29, 1.82) is 0 Å². The first-order valence-corrected chi connectivity index (χ1v) is 4.18. The molecule has 0 aromatic rings. The fourth-order valence-electron chi connectivity index (χ4n) is 1.34. The second-order valence-corrected chi connectivity index (χ2v) is 3.08. The summed E-state index contributed by atoms with van der Waals surface area (Å²) in [5.41, 5.74) is 0. The number of nitrogens with zero attached hydrogens (tertiary/aromatic N) is 1. The number of rotatable bonds is 3. The number of carbonyl (C=O) groups is 2. The summed E-state index contributed by atoms with van der Waals surface area (Å²) in [4.78, 5) is 22.7. The predicted molar refractivity (Wildman–Crippen MR) is 44.2 cm³/mol. The van der Waals surface area contributed by atoms with Gasteiger partial charge in [-0.2, -0.15) is 0 Å². The topological polar surface area (TPSA) is 66.8 Å². The minimum atomic E-state index is -0.971. The van der Waals surface area contributed by atoms with E-state index < -0.39 is 5.97 Å². The molecule has 0 saturated carbocycles. The molecule has 0 aromatic carbocycles. The van der Waals surface area contributed by atoms with Crippen molar-refractivity contribution in [1.82, 2.24) is 4.90 Å². The molecule has 0 unspecified atom stereocenters. The Morgan fingerprint density at radius 3 is 2.77 bits per heavy atom. The molecule has 5 nitrogen and oxygen atoms in total. The van der Waals surface area contributed by atoms with E-state index in [4.69, 9.17) is 9.84 Å². The maximum Gasteiger partial charge on any atom is 0.329 e. The van der Waals surface area contributed by atoms with Gasteiger partial charge in [0.15, 0.2) is 0 Å². The highest BCUT2D eigenvalue weighted by Crippen LogP contribution is 2.12. The average Bonchev–Trinajstić information content (AvgIpc) is 2.48. The molecule has 1 saturated heterocycles. The first-order chi connectivity index (χ1) is 6.09. The largest absolute Gasteiger partial charge is 0.480 e. The molecule has 1 N–H and O–H groups in total. The van der Waals surface area contributed by atoms with E-state index in [1.54, 1.807) is 4.90 Å². The van der Waals surface area contributed by atoms with Gasteiger partial charge in [-0.3, -0.25) is 4.79 Å². The number of hydrogen-bond acceptors (Lipinski definition) is 3. The van der Waals surface area contributed by atoms with Gasteiger partial charge in [-0.05, 0) is 6.42 Å². The number of aliphatic carboxylic acids is 1. The second kappa shape index (κ2) is 4.23. The van der Waals surface area contributed by atoms with Gasteiger partial charge in [0.2, 0.25) is 5.91 Å². The Bertz CT molecular complexity index is 216. The zero-order valence-electron chi connectivity index (χ0n) is 7.52. The van der Waals surface area contributed by atoms with Gasteiger partial charge in [-0.25, -0.2) is 4.79 Å². The number of carboxylic acids is 1. The summed E-state index contributed by atoms with van der Waals surface area (Å²) in [5, 5.41) is 8.34. The van der Waals surface area contributed by atoms with Crippen LogP contribution < -0.4 is 0 Å². The Morgan fingerprint density at radius 1 is 1.62 bits per heavy atom. The SMILES string of the molecule is CC(=O)N1CC[C@@H](OCC(=O)O)C1. The highest BCUT2D eigenvalue weighted by molar-refractivity contribution is 5.73. The highest BCUT2D eigenvalue weighted by Gasteiger charge is 2.24. The van der Waals surface area contributed by atoms with Crippen LogP contribution in [0.4, 0.5) is 0 Å². The van der Waals surface area contributed by atoms with Crippen LogP contribution >= 0.6 is 0 Å². The molecule has 1 heterocycles. The minimum absolute atomic E-state index is 0.0152. The number of ether oxygens (including phenoxy) is 1. The summed E-state index contributed by atoms with van der Waals surface area (Å²) in [6, 6.07) is 0. The molecular formula is C8H13NO4. The lowest BCUT2D eigenvalue weighted by Crippen LogP contribution is -2.28. The van der Waals surface area contributed by atoms with E-state index in [-0.39, 0.29) is 18.6 Å². The molecule has 1 atom stereocenters. The molecule has 5 heteroatoms. The van der Waals surface area contributed by atoms with Crippen LogP contribution in [0.1, 0.15) is 13.3 Å². The van der Waals surface area contributed by atoms with Gasteiger partial charge in [-0.1, -0.05) is 0 Å². The number of likely N-dealkylation sites (tertiary alicyclic amines) is 1. The number of carboxylic acid groups (broad SMARTS) is 1. The number of hydrogen-bond donors (Lipinski definition) is 1. The van der Waals surface area contributed by atoms with E-state index in [0.717, 1.165) is 6.42 Å². The maximum absolute atomic E-state index is 10.9. The Kier molecular flexibility index (Phi) is 3.25. The third-order valence-electron chi connectivity index (χ3n) is 2.03. The molecule has 0 aliphatic carbocycles. The average molecular weight is 187 g/mol. The van der Waals surface area contributed by atoms with Crippen molar-refractivity contribution >= 4 is 11.9 Å². The van der Waals surface area contributed by atoms with Crippen molar-refractivity contribution in [3.05, 3.63) is 0 Å². The van der Waals surface area contributed by atoms with Crippen LogP contribution in [0.3, 0.4) is 0 Å². The van der Waals surface area contributed by atoms with Crippen LogP contribution in [0.5, 0.6) is 0 Å². The molecule has 1 amide bonds. The first kappa shape index (κ1) is 9.98. The van der Waals surface area contributed by atoms with Crippen LogP contribution in [-0.2, 0) is 14.3 Å². The van der Waals surface area contributed by atoms with E-state index >= 15 is 0 Å². The van der Waals surface area contributed by atoms with Gasteiger partial charge in [0.05, 0.1) is 6.10 Å². The Hall–Kier alpha value is -1.10. The molecule has 1 fully saturated rings. The third kappa shape index (κ3) is 3.02. The first-order valence-electron chi connectivity index (χ1n) is 4.18. The molecule has 74 valence electrons. The van der Waals surface area contributed by atoms with E-state index in [2.05, 4.69) is 0 Å². The molecular weight excluding hydrogens is 174 g/mol. The number of amides is 1. The van der Waals surface area contributed by atoms with Crippen molar-refractivity contribution < 1.29 is 19.4 Å². The Balaban J connectivity index is 2.25. The minimum Gasteiger partial charge on any atom is -0.480 e. The molecule has 1 rings (SSSR count). The van der Waals surface area contributed by atoms with Gasteiger partial charge in [0.1, 0.15) is 6.61 Å². The van der Waals surface area contributed by atoms with Crippen LogP contribution in [0.2, 0.25) is 0 Å². The van der Waals surface area contributed by atoms with Gasteiger partial charge in [0.25, 0.3) is 0 Å². The molecule has 13 heavy (non-hydrogen) atoms. The number of carbonyl (C=O) groups excluding carboxylic acids is 1. The molecule has 0 spiro atoms. The highest BCUT2D eigenvalue weighted by atomic mass is 16.5. The van der Waals surface area contributed by atoms with Crippen molar-refractivity contribution in [2.45, 2.75) is 19.4 Å². The van der Waals surface area contributed by atoms with E-state index in [0.29, 0.717) is 13.1 Å². The Morgan fingerprint density at radius 2 is 2.31 bits per heavy atom. The summed E-state index contributed by atoms with van der Waals surface area (Å²) >= 11 is 0. The second-order valence-electron chi connectivity index (χ2n) is 3.08. The zero-order valence-corrected chi connectivity index (χ0v) is 7.52. The Labute approximate surface area is 76.3 Å². The standard InChI is InChI=1S/C8H13NO4/c1-6(10)9-3-2-7(4-9)13-5-8(11)12/h7H,2-5H2,1H3,(H,11,12)/t7-/m1/s1. The van der Waals surface area contributed by atoms with Crippen LogP contribution in [0.15, 0.2) is 0 Å². The quantitative estimate of drug-likeness (QED) is 0.659. The van der Waals surface area contributed by atoms with Crippen molar-refractivity contribution in [3.63, 3.8) is 0 Å². The van der Waals surface area contributed by atoms with Crippen molar-refractivity contribution in [2.75, 3.05) is 19.7 Å². The summed E-state index contributed by atoms with van der Waals surface area (Å²) < 4.78 is 5.05. The molecule has 0 aromatic heterocycles. The summed E-state index contributed by atoms with van der Waals surface area (Å²) in [6.07, 6.45) is 0.618. The van der Waals surface area contributed by atoms with Crippen molar-refractivity contribution in [3.8, 4) is 0 Å². The van der Waals surface area contributed by atoms with E-state index in [1.807, 2.05) is 0 Å². The normalized spacial score (nSPS) is 21.9. The summed E-state index contributed by atoms with van der Waals surface area (Å²) in [6.45, 7) is 2.40. The summed E-state index contributed by atoms with van der Waals surface area (Å²) in [5.74, 6) is -0.956. The third-order valence-corrected chi connectivity index (χ3v) is 2.03. The molecule has 0 radical (unpaired) electrons. The molecule has 1 aliphatic rings. The summed E-state index contributed by atoms with van der Waals surface area (Å²) in [7, 11) is 0. The van der Waals surface area contributed by atoms with E-state index in [1.165, 1.54) is 6.92 Å².